The van der Waals surface area contributed by atoms with Gasteiger partial charge in [-0.15, -0.1) is 0 Å². The summed E-state index contributed by atoms with van der Waals surface area (Å²) in [6.07, 6.45) is 5.06. The van der Waals surface area contributed by atoms with Crippen molar-refractivity contribution in [2.75, 3.05) is 5.32 Å². The van der Waals surface area contributed by atoms with E-state index in [0.717, 1.165) is 29.8 Å². The summed E-state index contributed by atoms with van der Waals surface area (Å²) in [4.78, 5) is 12.3. The number of rotatable bonds is 4. The molecule has 1 saturated carbocycles. The highest BCUT2D eigenvalue weighted by Crippen LogP contribution is 2.26. The van der Waals surface area contributed by atoms with Gasteiger partial charge in [-0.2, -0.15) is 0 Å². The van der Waals surface area contributed by atoms with Gasteiger partial charge in [-0.05, 0) is 56.4 Å². The van der Waals surface area contributed by atoms with Crippen LogP contribution in [0.2, 0.25) is 0 Å². The number of anilines is 1. The molecule has 0 aromatic heterocycles. The van der Waals surface area contributed by atoms with E-state index >= 15 is 0 Å². The van der Waals surface area contributed by atoms with Crippen LogP contribution in [0.4, 0.5) is 5.69 Å². The average Bonchev–Trinajstić information content (AvgIpc) is 3.01. The van der Waals surface area contributed by atoms with Gasteiger partial charge in [0, 0.05) is 17.3 Å². The van der Waals surface area contributed by atoms with Crippen molar-refractivity contribution in [1.82, 2.24) is 0 Å². The van der Waals surface area contributed by atoms with Gasteiger partial charge >= 0.3 is 0 Å². The molecule has 1 aliphatic carbocycles. The predicted molar refractivity (Wildman–Crippen MR) is 88.5 cm³/mol. The van der Waals surface area contributed by atoms with Gasteiger partial charge in [0.25, 0.3) is 5.91 Å². The summed E-state index contributed by atoms with van der Waals surface area (Å²) in [7, 11) is 0. The van der Waals surface area contributed by atoms with Crippen molar-refractivity contribution in [3.63, 3.8) is 0 Å². The van der Waals surface area contributed by atoms with Gasteiger partial charge in [0.1, 0.15) is 5.75 Å². The minimum absolute atomic E-state index is 0.0869. The van der Waals surface area contributed by atoms with Crippen LogP contribution in [-0.4, -0.2) is 12.0 Å². The lowest BCUT2D eigenvalue weighted by Crippen LogP contribution is -2.14. The minimum atomic E-state index is -0.0869. The van der Waals surface area contributed by atoms with Crippen LogP contribution in [0, 0.1) is 6.92 Å². The number of nitrogens with one attached hydrogen (secondary N) is 1. The fraction of sp³-hybridized carbons (Fsp3) is 0.316. The van der Waals surface area contributed by atoms with E-state index in [0.29, 0.717) is 11.7 Å². The number of carbonyl (C=O) groups excluding carboxylic acids is 1. The molecule has 1 aliphatic rings. The van der Waals surface area contributed by atoms with Crippen LogP contribution in [0.25, 0.3) is 0 Å². The Balaban J connectivity index is 1.69. The summed E-state index contributed by atoms with van der Waals surface area (Å²) in [6.45, 7) is 1.94. The van der Waals surface area contributed by atoms with Gasteiger partial charge in [0.05, 0.1) is 6.10 Å². The van der Waals surface area contributed by atoms with E-state index in [9.17, 15) is 4.79 Å². The van der Waals surface area contributed by atoms with Crippen LogP contribution in [0.1, 0.15) is 41.6 Å². The summed E-state index contributed by atoms with van der Waals surface area (Å²) < 4.78 is 5.98. The third kappa shape index (κ3) is 3.48. The Bertz CT molecular complexity index is 660. The van der Waals surface area contributed by atoms with E-state index in [2.05, 4.69) is 5.32 Å². The van der Waals surface area contributed by atoms with E-state index in [1.165, 1.54) is 12.8 Å². The lowest BCUT2D eigenvalue weighted by atomic mass is 10.1. The van der Waals surface area contributed by atoms with E-state index < -0.39 is 0 Å². The SMILES string of the molecule is Cc1ccccc1C(=O)Nc1cccc(OC2CCCC2)c1. The molecule has 0 atom stereocenters. The van der Waals surface area contributed by atoms with Crippen molar-refractivity contribution < 1.29 is 9.53 Å². The molecule has 22 heavy (non-hydrogen) atoms. The Morgan fingerprint density at radius 2 is 1.86 bits per heavy atom. The van der Waals surface area contributed by atoms with Gasteiger partial charge in [-0.1, -0.05) is 24.3 Å². The number of carbonyl (C=O) groups is 1. The Kier molecular flexibility index (Phi) is 4.42. The summed E-state index contributed by atoms with van der Waals surface area (Å²) in [5.41, 5.74) is 2.44. The molecule has 0 aliphatic heterocycles. The summed E-state index contributed by atoms with van der Waals surface area (Å²) in [5.74, 6) is 0.741. The second kappa shape index (κ2) is 6.65. The summed E-state index contributed by atoms with van der Waals surface area (Å²) >= 11 is 0. The standard InChI is InChI=1S/C19H21NO2/c1-14-7-2-5-12-18(14)19(21)20-15-8-6-11-17(13-15)22-16-9-3-4-10-16/h2,5-8,11-13,16H,3-4,9-10H2,1H3,(H,20,21). The Morgan fingerprint density at radius 3 is 2.64 bits per heavy atom. The molecule has 1 amide bonds. The van der Waals surface area contributed by atoms with Crippen molar-refractivity contribution in [2.45, 2.75) is 38.7 Å². The van der Waals surface area contributed by atoms with Gasteiger partial charge in [-0.25, -0.2) is 0 Å². The molecule has 0 spiro atoms. The molecular weight excluding hydrogens is 274 g/mol. The maximum Gasteiger partial charge on any atom is 0.255 e. The van der Waals surface area contributed by atoms with Gasteiger partial charge in [-0.3, -0.25) is 4.79 Å². The van der Waals surface area contributed by atoms with E-state index in [4.69, 9.17) is 4.74 Å². The second-order valence-corrected chi connectivity index (χ2v) is 5.82. The van der Waals surface area contributed by atoms with E-state index in [1.54, 1.807) is 0 Å². The molecule has 3 rings (SSSR count). The fourth-order valence-electron chi connectivity index (χ4n) is 2.87. The highest BCUT2D eigenvalue weighted by Gasteiger charge is 2.16. The molecule has 1 fully saturated rings. The maximum atomic E-state index is 12.3. The van der Waals surface area contributed by atoms with Crippen molar-refractivity contribution in [1.29, 1.82) is 0 Å². The predicted octanol–water partition coefficient (Wildman–Crippen LogP) is 4.57. The number of aryl methyl sites for hydroxylation is 1. The summed E-state index contributed by atoms with van der Waals surface area (Å²) in [6, 6.07) is 15.2. The monoisotopic (exact) mass is 295 g/mol. The third-order valence-electron chi connectivity index (χ3n) is 4.09. The molecule has 0 bridgehead atoms. The van der Waals surface area contributed by atoms with Crippen molar-refractivity contribution in [3.05, 3.63) is 59.7 Å². The van der Waals surface area contributed by atoms with Crippen LogP contribution in [0.5, 0.6) is 5.75 Å². The zero-order valence-corrected chi connectivity index (χ0v) is 12.8. The number of hydrogen-bond donors (Lipinski definition) is 1. The lowest BCUT2D eigenvalue weighted by Gasteiger charge is -2.14. The van der Waals surface area contributed by atoms with Crippen molar-refractivity contribution >= 4 is 11.6 Å². The topological polar surface area (TPSA) is 38.3 Å². The molecule has 0 heterocycles. The number of hydrogen-bond acceptors (Lipinski definition) is 2. The molecule has 2 aromatic carbocycles. The lowest BCUT2D eigenvalue weighted by molar-refractivity contribution is 0.102. The van der Waals surface area contributed by atoms with Crippen LogP contribution in [0.3, 0.4) is 0 Å². The van der Waals surface area contributed by atoms with Crippen molar-refractivity contribution in [3.8, 4) is 5.75 Å². The van der Waals surface area contributed by atoms with Gasteiger partial charge < -0.3 is 10.1 Å². The van der Waals surface area contributed by atoms with Gasteiger partial charge in [0.15, 0.2) is 0 Å². The average molecular weight is 295 g/mol. The van der Waals surface area contributed by atoms with E-state index in [1.807, 2.05) is 55.5 Å². The molecule has 3 heteroatoms. The first-order valence-corrected chi connectivity index (χ1v) is 7.86. The first-order chi connectivity index (χ1) is 10.7. The highest BCUT2D eigenvalue weighted by atomic mass is 16.5. The third-order valence-corrected chi connectivity index (χ3v) is 4.09. The Hall–Kier alpha value is -2.29. The first kappa shape index (κ1) is 14.6. The smallest absolute Gasteiger partial charge is 0.255 e. The zero-order valence-electron chi connectivity index (χ0n) is 12.8. The largest absolute Gasteiger partial charge is 0.490 e. The molecule has 0 saturated heterocycles. The number of benzene rings is 2. The quantitative estimate of drug-likeness (QED) is 0.897. The van der Waals surface area contributed by atoms with Crippen molar-refractivity contribution in [2.24, 2.45) is 0 Å². The molecule has 114 valence electrons. The fourth-order valence-corrected chi connectivity index (χ4v) is 2.87. The van der Waals surface area contributed by atoms with Crippen LogP contribution in [0.15, 0.2) is 48.5 Å². The minimum Gasteiger partial charge on any atom is -0.490 e. The molecule has 1 N–H and O–H groups in total. The van der Waals surface area contributed by atoms with E-state index in [-0.39, 0.29) is 5.91 Å². The zero-order chi connectivity index (χ0) is 15.4. The van der Waals surface area contributed by atoms with Crippen LogP contribution >= 0.6 is 0 Å². The molecule has 0 unspecified atom stereocenters. The summed E-state index contributed by atoms with van der Waals surface area (Å²) in [5, 5.41) is 2.95. The van der Waals surface area contributed by atoms with Crippen LogP contribution in [-0.2, 0) is 0 Å². The Labute approximate surface area is 131 Å². The second-order valence-electron chi connectivity index (χ2n) is 5.82. The first-order valence-electron chi connectivity index (χ1n) is 7.86. The maximum absolute atomic E-state index is 12.3. The van der Waals surface area contributed by atoms with Crippen LogP contribution < -0.4 is 10.1 Å². The Morgan fingerprint density at radius 1 is 1.09 bits per heavy atom. The number of ether oxygens (including phenoxy) is 1. The number of amides is 1. The molecular formula is C19H21NO2. The molecule has 3 nitrogen and oxygen atoms in total. The highest BCUT2D eigenvalue weighted by molar-refractivity contribution is 6.05. The molecule has 2 aromatic rings. The molecule has 0 radical (unpaired) electrons. The normalized spacial score (nSPS) is 14.8. The van der Waals surface area contributed by atoms with Gasteiger partial charge in [0.2, 0.25) is 0 Å².